The highest BCUT2D eigenvalue weighted by molar-refractivity contribution is 6.32. The van der Waals surface area contributed by atoms with Gasteiger partial charge in [0.1, 0.15) is 18.2 Å². The average molecular weight is 295 g/mol. The molecule has 7 nitrogen and oxygen atoms in total. The van der Waals surface area contributed by atoms with Crippen LogP contribution >= 0.6 is 11.6 Å². The minimum Gasteiger partial charge on any atom is -0.484 e. The number of nitrogens with two attached hydrogens (primary N) is 1. The molecule has 8 heteroatoms. The van der Waals surface area contributed by atoms with Gasteiger partial charge < -0.3 is 10.5 Å². The minimum absolute atomic E-state index is 0.0206. The van der Waals surface area contributed by atoms with Gasteiger partial charge in [-0.3, -0.25) is 10.1 Å². The van der Waals surface area contributed by atoms with Crippen LogP contribution in [0.3, 0.4) is 0 Å². The van der Waals surface area contributed by atoms with Gasteiger partial charge >= 0.3 is 0 Å². The van der Waals surface area contributed by atoms with Gasteiger partial charge in [-0.05, 0) is 13.0 Å². The number of aromatic nitrogens is 2. The van der Waals surface area contributed by atoms with E-state index in [1.54, 1.807) is 13.0 Å². The van der Waals surface area contributed by atoms with E-state index in [4.69, 9.17) is 22.1 Å². The molecule has 1 heterocycles. The maximum absolute atomic E-state index is 10.7. The number of non-ortho nitro benzene ring substituents is 1. The van der Waals surface area contributed by atoms with Crippen LogP contribution < -0.4 is 10.5 Å². The van der Waals surface area contributed by atoms with E-state index in [9.17, 15) is 10.1 Å². The summed E-state index contributed by atoms with van der Waals surface area (Å²) in [5.41, 5.74) is 6.21. The van der Waals surface area contributed by atoms with Crippen LogP contribution in [0.1, 0.15) is 11.5 Å². The molecule has 1 aromatic heterocycles. The van der Waals surface area contributed by atoms with E-state index >= 15 is 0 Å². The van der Waals surface area contributed by atoms with Crippen LogP contribution in [-0.2, 0) is 6.61 Å². The summed E-state index contributed by atoms with van der Waals surface area (Å²) in [4.78, 5) is 18.3. The summed E-state index contributed by atoms with van der Waals surface area (Å²) in [5.74, 6) is 0.913. The van der Waals surface area contributed by atoms with Crippen LogP contribution in [0.15, 0.2) is 24.3 Å². The number of anilines is 1. The number of halogens is 1. The summed E-state index contributed by atoms with van der Waals surface area (Å²) in [6, 6.07) is 5.59. The molecule has 0 unspecified atom stereocenters. The van der Waals surface area contributed by atoms with Gasteiger partial charge in [0.05, 0.1) is 16.0 Å². The lowest BCUT2D eigenvalue weighted by molar-refractivity contribution is -0.384. The molecule has 0 atom stereocenters. The summed E-state index contributed by atoms with van der Waals surface area (Å²) in [6.07, 6.45) is 0. The molecule has 0 aliphatic heterocycles. The standard InChI is InChI=1S/C12H11ClN4O3/c1-7-4-11(14)16-12(15-7)6-20-10-5-8(17(18)19)2-3-9(10)13/h2-5H,6H2,1H3,(H2,14,15,16). The first-order chi connectivity index (χ1) is 9.45. The highest BCUT2D eigenvalue weighted by Gasteiger charge is 2.11. The predicted octanol–water partition coefficient (Wildman–Crippen LogP) is 2.51. The lowest BCUT2D eigenvalue weighted by atomic mass is 10.3. The van der Waals surface area contributed by atoms with Crippen molar-refractivity contribution in [2.75, 3.05) is 5.73 Å². The third-order valence-electron chi connectivity index (χ3n) is 2.40. The Bertz CT molecular complexity index is 643. The fourth-order valence-electron chi connectivity index (χ4n) is 1.58. The highest BCUT2D eigenvalue weighted by Crippen LogP contribution is 2.29. The second kappa shape index (κ2) is 5.70. The van der Waals surface area contributed by atoms with Gasteiger partial charge in [-0.2, -0.15) is 0 Å². The van der Waals surface area contributed by atoms with E-state index < -0.39 is 4.92 Å². The van der Waals surface area contributed by atoms with Crippen molar-refractivity contribution >= 4 is 23.1 Å². The monoisotopic (exact) mass is 294 g/mol. The Hall–Kier alpha value is -2.41. The van der Waals surface area contributed by atoms with E-state index in [0.29, 0.717) is 17.3 Å². The van der Waals surface area contributed by atoms with E-state index in [-0.39, 0.29) is 23.1 Å². The predicted molar refractivity (Wildman–Crippen MR) is 73.6 cm³/mol. The van der Waals surface area contributed by atoms with E-state index in [0.717, 1.165) is 0 Å². The van der Waals surface area contributed by atoms with Crippen LogP contribution in [0.4, 0.5) is 11.5 Å². The zero-order valence-electron chi connectivity index (χ0n) is 10.5. The Kier molecular flexibility index (Phi) is 3.99. The molecule has 0 bridgehead atoms. The maximum atomic E-state index is 10.7. The molecule has 2 N–H and O–H groups in total. The third-order valence-corrected chi connectivity index (χ3v) is 2.71. The normalized spacial score (nSPS) is 10.3. The number of rotatable bonds is 4. The molecule has 2 rings (SSSR count). The van der Waals surface area contributed by atoms with Gasteiger partial charge in [0.15, 0.2) is 5.82 Å². The largest absolute Gasteiger partial charge is 0.484 e. The van der Waals surface area contributed by atoms with Crippen molar-refractivity contribution in [2.24, 2.45) is 0 Å². The fraction of sp³-hybridized carbons (Fsp3) is 0.167. The van der Waals surface area contributed by atoms with Gasteiger partial charge in [0, 0.05) is 17.8 Å². The summed E-state index contributed by atoms with van der Waals surface area (Å²) in [7, 11) is 0. The lowest BCUT2D eigenvalue weighted by Gasteiger charge is -2.08. The first-order valence-corrected chi connectivity index (χ1v) is 6.00. The number of hydrogen-bond donors (Lipinski definition) is 1. The molecule has 1 aromatic carbocycles. The number of nitrogen functional groups attached to an aromatic ring is 1. The van der Waals surface area contributed by atoms with Crippen molar-refractivity contribution in [1.82, 2.24) is 9.97 Å². The van der Waals surface area contributed by atoms with Gasteiger partial charge in [-0.25, -0.2) is 9.97 Å². The maximum Gasteiger partial charge on any atom is 0.273 e. The van der Waals surface area contributed by atoms with E-state index in [1.165, 1.54) is 18.2 Å². The van der Waals surface area contributed by atoms with Crippen molar-refractivity contribution in [3.63, 3.8) is 0 Å². The van der Waals surface area contributed by atoms with Gasteiger partial charge in [-0.1, -0.05) is 11.6 Å². The van der Waals surface area contributed by atoms with Crippen LogP contribution in [0, 0.1) is 17.0 Å². The summed E-state index contributed by atoms with van der Waals surface area (Å²) >= 11 is 5.92. The Morgan fingerprint density at radius 2 is 2.15 bits per heavy atom. The van der Waals surface area contributed by atoms with Gasteiger partial charge in [-0.15, -0.1) is 0 Å². The smallest absolute Gasteiger partial charge is 0.273 e. The van der Waals surface area contributed by atoms with Crippen molar-refractivity contribution in [2.45, 2.75) is 13.5 Å². The molecular formula is C12H11ClN4O3. The van der Waals surface area contributed by atoms with Crippen LogP contribution in [0.25, 0.3) is 0 Å². The summed E-state index contributed by atoms with van der Waals surface area (Å²) < 4.78 is 5.41. The molecule has 0 fully saturated rings. The molecule has 0 spiro atoms. The van der Waals surface area contributed by atoms with Gasteiger partial charge in [0.25, 0.3) is 5.69 Å². The second-order valence-corrected chi connectivity index (χ2v) is 4.42. The molecule has 2 aromatic rings. The van der Waals surface area contributed by atoms with Crippen molar-refractivity contribution in [3.8, 4) is 5.75 Å². The Balaban J connectivity index is 2.18. The quantitative estimate of drug-likeness (QED) is 0.686. The number of ether oxygens (including phenoxy) is 1. The molecule has 20 heavy (non-hydrogen) atoms. The summed E-state index contributed by atoms with van der Waals surface area (Å²) in [5, 5.41) is 11.0. The molecule has 0 aliphatic rings. The van der Waals surface area contributed by atoms with E-state index in [2.05, 4.69) is 9.97 Å². The average Bonchev–Trinajstić information content (AvgIpc) is 2.36. The molecule has 0 saturated carbocycles. The topological polar surface area (TPSA) is 104 Å². The first-order valence-electron chi connectivity index (χ1n) is 5.62. The minimum atomic E-state index is -0.523. The Morgan fingerprint density at radius 3 is 2.80 bits per heavy atom. The number of nitrogens with zero attached hydrogens (tertiary/aromatic N) is 3. The van der Waals surface area contributed by atoms with Crippen LogP contribution in [0.2, 0.25) is 5.02 Å². The molecule has 0 amide bonds. The molecule has 0 radical (unpaired) electrons. The number of nitro groups is 1. The fourth-order valence-corrected chi connectivity index (χ4v) is 1.75. The van der Waals surface area contributed by atoms with Crippen molar-refractivity contribution in [1.29, 1.82) is 0 Å². The van der Waals surface area contributed by atoms with E-state index in [1.807, 2.05) is 0 Å². The number of hydrogen-bond acceptors (Lipinski definition) is 6. The number of benzene rings is 1. The van der Waals surface area contributed by atoms with Crippen LogP contribution in [0.5, 0.6) is 5.75 Å². The first kappa shape index (κ1) is 14.0. The SMILES string of the molecule is Cc1cc(N)nc(COc2cc([N+](=O)[O-])ccc2Cl)n1. The Labute approximate surface area is 119 Å². The second-order valence-electron chi connectivity index (χ2n) is 4.01. The lowest BCUT2D eigenvalue weighted by Crippen LogP contribution is -2.05. The molecular weight excluding hydrogens is 284 g/mol. The van der Waals surface area contributed by atoms with Crippen LogP contribution in [-0.4, -0.2) is 14.9 Å². The zero-order chi connectivity index (χ0) is 14.7. The highest BCUT2D eigenvalue weighted by atomic mass is 35.5. The van der Waals surface area contributed by atoms with Crippen molar-refractivity contribution < 1.29 is 9.66 Å². The summed E-state index contributed by atoms with van der Waals surface area (Å²) in [6.45, 7) is 1.80. The molecule has 104 valence electrons. The zero-order valence-corrected chi connectivity index (χ0v) is 11.3. The molecule has 0 aliphatic carbocycles. The molecule has 0 saturated heterocycles. The third kappa shape index (κ3) is 3.33. The Morgan fingerprint density at radius 1 is 1.40 bits per heavy atom. The number of aryl methyl sites for hydroxylation is 1. The number of nitro benzene ring substituents is 1. The van der Waals surface area contributed by atoms with Gasteiger partial charge in [0.2, 0.25) is 0 Å². The van der Waals surface area contributed by atoms with Crippen molar-refractivity contribution in [3.05, 3.63) is 50.9 Å².